The van der Waals surface area contributed by atoms with Crippen molar-refractivity contribution in [2.45, 2.75) is 31.7 Å². The first-order valence-corrected chi connectivity index (χ1v) is 10.1. The fourth-order valence-corrected chi connectivity index (χ4v) is 3.81. The van der Waals surface area contributed by atoms with E-state index < -0.39 is 0 Å². The van der Waals surface area contributed by atoms with Gasteiger partial charge in [0.25, 0.3) is 5.91 Å². The van der Waals surface area contributed by atoms with E-state index in [1.54, 1.807) is 6.20 Å². The van der Waals surface area contributed by atoms with E-state index in [4.69, 9.17) is 0 Å². The van der Waals surface area contributed by atoms with Gasteiger partial charge >= 0.3 is 0 Å². The number of hydrogen-bond donors (Lipinski definition) is 2. The zero-order valence-corrected chi connectivity index (χ0v) is 16.4. The Kier molecular flexibility index (Phi) is 5.71. The summed E-state index contributed by atoms with van der Waals surface area (Å²) in [6, 6.07) is 8.65. The van der Waals surface area contributed by atoms with Gasteiger partial charge in [-0.25, -0.2) is 9.97 Å². The molecule has 28 heavy (non-hydrogen) atoms. The van der Waals surface area contributed by atoms with Gasteiger partial charge in [-0.3, -0.25) is 4.79 Å². The Balaban J connectivity index is 1.33. The van der Waals surface area contributed by atoms with Crippen LogP contribution in [0.4, 0.5) is 17.2 Å². The molecule has 0 unspecified atom stereocenters. The van der Waals surface area contributed by atoms with Crippen molar-refractivity contribution in [2.24, 2.45) is 0 Å². The summed E-state index contributed by atoms with van der Waals surface area (Å²) < 4.78 is 0. The molecule has 2 fully saturated rings. The number of anilines is 3. The van der Waals surface area contributed by atoms with Crippen molar-refractivity contribution in [1.82, 2.24) is 20.2 Å². The zero-order chi connectivity index (χ0) is 19.3. The van der Waals surface area contributed by atoms with Crippen molar-refractivity contribution >= 4 is 23.1 Å². The Morgan fingerprint density at radius 3 is 2.36 bits per heavy atom. The lowest BCUT2D eigenvalue weighted by Gasteiger charge is -2.34. The topological polar surface area (TPSA) is 73.4 Å². The van der Waals surface area contributed by atoms with E-state index in [1.807, 2.05) is 0 Å². The largest absolute Gasteiger partial charge is 0.369 e. The van der Waals surface area contributed by atoms with Gasteiger partial charge in [0.2, 0.25) is 0 Å². The third kappa shape index (κ3) is 4.59. The van der Waals surface area contributed by atoms with Crippen LogP contribution in [0.25, 0.3) is 0 Å². The number of rotatable bonds is 5. The van der Waals surface area contributed by atoms with Crippen molar-refractivity contribution in [1.29, 1.82) is 0 Å². The second-order valence-electron chi connectivity index (χ2n) is 7.70. The summed E-state index contributed by atoms with van der Waals surface area (Å²) in [5.74, 6) is 0.493. The molecule has 7 nitrogen and oxygen atoms in total. The quantitative estimate of drug-likeness (QED) is 0.831. The van der Waals surface area contributed by atoms with Gasteiger partial charge in [0, 0.05) is 43.6 Å². The Morgan fingerprint density at radius 1 is 1.00 bits per heavy atom. The lowest BCUT2D eigenvalue weighted by atomic mass is 10.2. The number of piperazine rings is 1. The smallest absolute Gasteiger partial charge is 0.271 e. The van der Waals surface area contributed by atoms with E-state index in [0.29, 0.717) is 11.5 Å². The minimum Gasteiger partial charge on any atom is -0.369 e. The fraction of sp³-hybridized carbons (Fsp3) is 0.476. The molecule has 1 saturated carbocycles. The van der Waals surface area contributed by atoms with E-state index in [-0.39, 0.29) is 11.9 Å². The highest BCUT2D eigenvalue weighted by Crippen LogP contribution is 2.21. The molecule has 0 bridgehead atoms. The molecule has 1 aliphatic heterocycles. The number of amides is 1. The van der Waals surface area contributed by atoms with E-state index in [9.17, 15) is 4.79 Å². The summed E-state index contributed by atoms with van der Waals surface area (Å²) in [7, 11) is 2.16. The molecular weight excluding hydrogens is 352 g/mol. The van der Waals surface area contributed by atoms with E-state index in [1.165, 1.54) is 24.7 Å². The normalized spacial score (nSPS) is 18.2. The van der Waals surface area contributed by atoms with Crippen molar-refractivity contribution in [3.8, 4) is 0 Å². The number of hydrogen-bond acceptors (Lipinski definition) is 6. The highest BCUT2D eigenvalue weighted by Gasteiger charge is 2.19. The Labute approximate surface area is 166 Å². The van der Waals surface area contributed by atoms with Crippen LogP contribution in [-0.2, 0) is 0 Å². The Morgan fingerprint density at radius 2 is 1.71 bits per heavy atom. The molecule has 2 N–H and O–H groups in total. The van der Waals surface area contributed by atoms with Crippen molar-refractivity contribution < 1.29 is 4.79 Å². The molecule has 1 aromatic heterocycles. The van der Waals surface area contributed by atoms with Crippen LogP contribution in [0.1, 0.15) is 36.2 Å². The molecule has 2 aliphatic rings. The maximum absolute atomic E-state index is 12.2. The molecule has 1 aliphatic carbocycles. The second-order valence-corrected chi connectivity index (χ2v) is 7.70. The number of likely N-dealkylation sites (N-methyl/N-ethyl adjacent to an activating group) is 1. The lowest BCUT2D eigenvalue weighted by Crippen LogP contribution is -2.44. The van der Waals surface area contributed by atoms with Crippen LogP contribution in [-0.4, -0.2) is 60.0 Å². The van der Waals surface area contributed by atoms with Crippen molar-refractivity contribution in [2.75, 3.05) is 43.4 Å². The van der Waals surface area contributed by atoms with Gasteiger partial charge in [-0.15, -0.1) is 0 Å². The third-order valence-corrected chi connectivity index (χ3v) is 5.58. The molecular formula is C21H28N6O. The summed E-state index contributed by atoms with van der Waals surface area (Å²) in [4.78, 5) is 25.6. The van der Waals surface area contributed by atoms with E-state index in [2.05, 4.69) is 61.7 Å². The molecule has 0 spiro atoms. The first kappa shape index (κ1) is 18.7. The highest BCUT2D eigenvalue weighted by atomic mass is 16.1. The molecule has 1 saturated heterocycles. The van der Waals surface area contributed by atoms with Crippen LogP contribution in [0.5, 0.6) is 0 Å². The van der Waals surface area contributed by atoms with E-state index >= 15 is 0 Å². The number of carbonyl (C=O) groups excluding carboxylic acids is 1. The molecule has 2 aromatic rings. The molecule has 1 amide bonds. The molecule has 1 aromatic carbocycles. The van der Waals surface area contributed by atoms with E-state index in [0.717, 1.165) is 44.7 Å². The Hall–Kier alpha value is -2.67. The standard InChI is InChI=1S/C21H28N6O/c1-26-10-12-27(13-11-26)18-8-6-17(7-9-18)24-20-15-22-19(14-23-20)21(28)25-16-4-2-3-5-16/h6-9,14-16H,2-5,10-13H2,1H3,(H,23,24)(H,25,28). The van der Waals surface area contributed by atoms with Crippen LogP contribution in [0.15, 0.2) is 36.7 Å². The summed E-state index contributed by atoms with van der Waals surface area (Å²) in [5.41, 5.74) is 2.56. The first-order valence-electron chi connectivity index (χ1n) is 10.1. The van der Waals surface area contributed by atoms with Crippen LogP contribution in [0, 0.1) is 0 Å². The van der Waals surface area contributed by atoms with Crippen LogP contribution < -0.4 is 15.5 Å². The van der Waals surface area contributed by atoms with Gasteiger partial charge in [0.15, 0.2) is 0 Å². The SMILES string of the molecule is CN1CCN(c2ccc(Nc3cnc(C(=O)NC4CCCC4)cn3)cc2)CC1. The van der Waals surface area contributed by atoms with Gasteiger partial charge in [-0.2, -0.15) is 0 Å². The summed E-state index contributed by atoms with van der Waals surface area (Å²) in [5, 5.41) is 6.28. The fourth-order valence-electron chi connectivity index (χ4n) is 3.81. The molecule has 0 radical (unpaired) electrons. The number of carbonyl (C=O) groups is 1. The Bertz CT molecular complexity index is 778. The average Bonchev–Trinajstić information content (AvgIpc) is 3.23. The second kappa shape index (κ2) is 8.56. The maximum Gasteiger partial charge on any atom is 0.271 e. The predicted molar refractivity (Wildman–Crippen MR) is 111 cm³/mol. The number of benzene rings is 1. The minimum absolute atomic E-state index is 0.137. The number of nitrogens with zero attached hydrogens (tertiary/aromatic N) is 4. The van der Waals surface area contributed by atoms with Gasteiger partial charge in [0.05, 0.1) is 12.4 Å². The maximum atomic E-state index is 12.2. The zero-order valence-electron chi connectivity index (χ0n) is 16.4. The van der Waals surface area contributed by atoms with Crippen LogP contribution >= 0.6 is 0 Å². The minimum atomic E-state index is -0.137. The van der Waals surface area contributed by atoms with Gasteiger partial charge in [-0.05, 0) is 44.2 Å². The van der Waals surface area contributed by atoms with Gasteiger partial charge in [0.1, 0.15) is 11.5 Å². The van der Waals surface area contributed by atoms with Gasteiger partial charge < -0.3 is 20.4 Å². The number of nitrogens with one attached hydrogen (secondary N) is 2. The van der Waals surface area contributed by atoms with Gasteiger partial charge in [-0.1, -0.05) is 12.8 Å². The van der Waals surface area contributed by atoms with Crippen molar-refractivity contribution in [3.63, 3.8) is 0 Å². The molecule has 7 heteroatoms. The molecule has 4 rings (SSSR count). The highest BCUT2D eigenvalue weighted by molar-refractivity contribution is 5.92. The molecule has 148 valence electrons. The average molecular weight is 380 g/mol. The lowest BCUT2D eigenvalue weighted by molar-refractivity contribution is 0.0932. The first-order chi connectivity index (χ1) is 13.7. The third-order valence-electron chi connectivity index (χ3n) is 5.58. The van der Waals surface area contributed by atoms with Crippen LogP contribution in [0.3, 0.4) is 0 Å². The molecule has 2 heterocycles. The monoisotopic (exact) mass is 380 g/mol. The summed E-state index contributed by atoms with van der Waals surface area (Å²) in [6.45, 7) is 4.30. The molecule has 0 atom stereocenters. The number of aromatic nitrogens is 2. The summed E-state index contributed by atoms with van der Waals surface area (Å²) >= 11 is 0. The van der Waals surface area contributed by atoms with Crippen LogP contribution in [0.2, 0.25) is 0 Å². The predicted octanol–water partition coefficient (Wildman–Crippen LogP) is 2.64. The van der Waals surface area contributed by atoms with Crippen molar-refractivity contribution in [3.05, 3.63) is 42.4 Å². The summed E-state index contributed by atoms with van der Waals surface area (Å²) in [6.07, 6.45) is 7.63.